The molecule has 1 atom stereocenters. The Morgan fingerprint density at radius 1 is 1.33 bits per heavy atom. The van der Waals surface area contributed by atoms with Gasteiger partial charge in [0.1, 0.15) is 5.69 Å². The Hall–Kier alpha value is -1.46. The van der Waals surface area contributed by atoms with Crippen LogP contribution < -0.4 is 0 Å². The van der Waals surface area contributed by atoms with E-state index in [0.717, 1.165) is 24.1 Å². The number of nitrogens with zero attached hydrogens (tertiary/aromatic N) is 1. The number of rotatable bonds is 4. The van der Waals surface area contributed by atoms with Crippen molar-refractivity contribution in [2.24, 2.45) is 0 Å². The predicted molar refractivity (Wildman–Crippen MR) is 99.6 cm³/mol. The molecule has 0 aromatic carbocycles. The Labute approximate surface area is 146 Å². The second kappa shape index (κ2) is 6.80. The van der Waals surface area contributed by atoms with Gasteiger partial charge < -0.3 is 9.16 Å². The van der Waals surface area contributed by atoms with E-state index in [9.17, 15) is 4.79 Å². The SMILES string of the molecule is COC(=O)c1cc([C@H](C)O[Si](C)(C)C(C)(C)C)c2c(n1)C=CCC2. The monoisotopic (exact) mass is 347 g/mol. The van der Waals surface area contributed by atoms with E-state index in [2.05, 4.69) is 51.8 Å². The summed E-state index contributed by atoms with van der Waals surface area (Å²) in [4.78, 5) is 16.4. The molecule has 0 spiro atoms. The number of carbonyl (C=O) groups excluding carboxylic acids is 1. The zero-order valence-electron chi connectivity index (χ0n) is 15.9. The number of fused-ring (bicyclic) bond motifs is 1. The van der Waals surface area contributed by atoms with Crippen LogP contribution in [0.2, 0.25) is 18.1 Å². The van der Waals surface area contributed by atoms with Crippen molar-refractivity contribution in [2.45, 2.75) is 64.8 Å². The molecule has 0 bridgehead atoms. The molecule has 1 aliphatic carbocycles. The van der Waals surface area contributed by atoms with Gasteiger partial charge in [-0.05, 0) is 61.2 Å². The highest BCUT2D eigenvalue weighted by Crippen LogP contribution is 2.40. The van der Waals surface area contributed by atoms with Gasteiger partial charge in [0.25, 0.3) is 0 Å². The maximum atomic E-state index is 12.0. The molecule has 0 amide bonds. The molecule has 5 heteroatoms. The van der Waals surface area contributed by atoms with Crippen LogP contribution in [0, 0.1) is 0 Å². The fraction of sp³-hybridized carbons (Fsp3) is 0.579. The van der Waals surface area contributed by atoms with E-state index < -0.39 is 14.3 Å². The number of allylic oxidation sites excluding steroid dienone is 1. The summed E-state index contributed by atoms with van der Waals surface area (Å²) in [6.45, 7) is 13.3. The summed E-state index contributed by atoms with van der Waals surface area (Å²) in [6, 6.07) is 1.85. The minimum atomic E-state index is -1.90. The zero-order chi connectivity index (χ0) is 18.1. The first-order chi connectivity index (χ1) is 11.1. The van der Waals surface area contributed by atoms with E-state index in [0.29, 0.717) is 5.69 Å². The molecule has 1 aromatic heterocycles. The van der Waals surface area contributed by atoms with Crippen LogP contribution in [0.15, 0.2) is 12.1 Å². The Morgan fingerprint density at radius 2 is 2.00 bits per heavy atom. The number of methoxy groups -OCH3 is 1. The van der Waals surface area contributed by atoms with E-state index in [1.165, 1.54) is 12.7 Å². The normalized spacial score (nSPS) is 15.8. The highest BCUT2D eigenvalue weighted by atomic mass is 28.4. The number of esters is 1. The van der Waals surface area contributed by atoms with E-state index in [1.807, 2.05) is 12.1 Å². The first-order valence-electron chi connectivity index (χ1n) is 8.53. The largest absolute Gasteiger partial charge is 0.464 e. The Balaban J connectivity index is 2.45. The van der Waals surface area contributed by atoms with Crippen molar-refractivity contribution in [3.63, 3.8) is 0 Å². The molecule has 0 unspecified atom stereocenters. The van der Waals surface area contributed by atoms with Crippen LogP contribution in [0.1, 0.15) is 67.5 Å². The Kier molecular flexibility index (Phi) is 5.35. The third-order valence-corrected chi connectivity index (χ3v) is 9.69. The van der Waals surface area contributed by atoms with Gasteiger partial charge in [0, 0.05) is 0 Å². The lowest BCUT2D eigenvalue weighted by atomic mass is 9.93. The summed E-state index contributed by atoms with van der Waals surface area (Å²) < 4.78 is 11.4. The van der Waals surface area contributed by atoms with Crippen LogP contribution in [0.4, 0.5) is 0 Å². The van der Waals surface area contributed by atoms with Gasteiger partial charge in [0.2, 0.25) is 0 Å². The minimum Gasteiger partial charge on any atom is -0.464 e. The lowest BCUT2D eigenvalue weighted by Gasteiger charge is -2.39. The Morgan fingerprint density at radius 3 is 2.58 bits per heavy atom. The van der Waals surface area contributed by atoms with Gasteiger partial charge in [0.05, 0.1) is 18.9 Å². The van der Waals surface area contributed by atoms with Gasteiger partial charge in [-0.3, -0.25) is 0 Å². The summed E-state index contributed by atoms with van der Waals surface area (Å²) in [6.07, 6.45) is 5.94. The molecule has 0 fully saturated rings. The molecule has 1 aromatic rings. The highest BCUT2D eigenvalue weighted by Gasteiger charge is 2.39. The molecule has 0 N–H and O–H groups in total. The van der Waals surface area contributed by atoms with Gasteiger partial charge in [-0.2, -0.15) is 0 Å². The topological polar surface area (TPSA) is 48.4 Å². The third-order valence-electron chi connectivity index (χ3n) is 5.14. The number of pyridine rings is 1. The fourth-order valence-electron chi connectivity index (χ4n) is 2.70. The highest BCUT2D eigenvalue weighted by molar-refractivity contribution is 6.74. The molecule has 0 saturated heterocycles. The van der Waals surface area contributed by atoms with Crippen molar-refractivity contribution < 1.29 is 14.0 Å². The number of ether oxygens (including phenoxy) is 1. The third kappa shape index (κ3) is 3.78. The van der Waals surface area contributed by atoms with Crippen molar-refractivity contribution in [1.82, 2.24) is 4.98 Å². The number of hydrogen-bond donors (Lipinski definition) is 0. The number of carbonyl (C=O) groups is 1. The Bertz CT molecular complexity index is 659. The van der Waals surface area contributed by atoms with Crippen LogP contribution in [-0.2, 0) is 15.6 Å². The van der Waals surface area contributed by atoms with E-state index in [4.69, 9.17) is 9.16 Å². The van der Waals surface area contributed by atoms with Crippen molar-refractivity contribution in [1.29, 1.82) is 0 Å². The molecule has 1 heterocycles. The molecular weight excluding hydrogens is 318 g/mol. The van der Waals surface area contributed by atoms with Crippen LogP contribution in [-0.4, -0.2) is 26.4 Å². The molecule has 24 heavy (non-hydrogen) atoms. The lowest BCUT2D eigenvalue weighted by molar-refractivity contribution is 0.0593. The molecular formula is C19H29NO3Si. The second-order valence-corrected chi connectivity index (χ2v) is 12.7. The average molecular weight is 348 g/mol. The van der Waals surface area contributed by atoms with E-state index >= 15 is 0 Å². The summed E-state index contributed by atoms with van der Waals surface area (Å²) in [5, 5.41) is 0.138. The molecule has 0 aliphatic heterocycles. The van der Waals surface area contributed by atoms with Crippen LogP contribution >= 0.6 is 0 Å². The summed E-state index contributed by atoms with van der Waals surface area (Å²) in [5.41, 5.74) is 3.47. The number of aromatic nitrogens is 1. The molecule has 132 valence electrons. The maximum absolute atomic E-state index is 12.0. The molecule has 0 radical (unpaired) electrons. The lowest BCUT2D eigenvalue weighted by Crippen LogP contribution is -2.41. The summed E-state index contributed by atoms with van der Waals surface area (Å²) >= 11 is 0. The van der Waals surface area contributed by atoms with Crippen LogP contribution in [0.5, 0.6) is 0 Å². The van der Waals surface area contributed by atoms with Gasteiger partial charge in [-0.1, -0.05) is 26.8 Å². The van der Waals surface area contributed by atoms with Gasteiger partial charge in [0.15, 0.2) is 8.32 Å². The minimum absolute atomic E-state index is 0.0717. The van der Waals surface area contributed by atoms with Crippen LogP contribution in [0.25, 0.3) is 6.08 Å². The van der Waals surface area contributed by atoms with Crippen molar-refractivity contribution in [3.8, 4) is 0 Å². The zero-order valence-corrected chi connectivity index (χ0v) is 16.9. The standard InChI is InChI=1S/C19H29NO3Si/c1-13(23-24(6,7)19(2,3)4)15-12-17(18(21)22-5)20-16-11-9-8-10-14(15)16/h9,11-13H,8,10H2,1-7H3/t13-/m0/s1. The molecule has 1 aliphatic rings. The predicted octanol–water partition coefficient (Wildman–Crippen LogP) is 4.91. The summed E-state index contributed by atoms with van der Waals surface area (Å²) in [5.74, 6) is -0.405. The van der Waals surface area contributed by atoms with Gasteiger partial charge in [-0.15, -0.1) is 0 Å². The van der Waals surface area contributed by atoms with Crippen LogP contribution in [0.3, 0.4) is 0 Å². The van der Waals surface area contributed by atoms with Crippen molar-refractivity contribution >= 4 is 20.4 Å². The summed E-state index contributed by atoms with van der Waals surface area (Å²) in [7, 11) is -0.520. The second-order valence-electron chi connectivity index (χ2n) is 7.91. The average Bonchev–Trinajstić information content (AvgIpc) is 2.51. The first kappa shape index (κ1) is 18.9. The quantitative estimate of drug-likeness (QED) is 0.573. The molecule has 2 rings (SSSR count). The molecule has 4 nitrogen and oxygen atoms in total. The van der Waals surface area contributed by atoms with Crippen molar-refractivity contribution in [3.05, 3.63) is 34.7 Å². The van der Waals surface area contributed by atoms with Gasteiger partial charge in [-0.25, -0.2) is 9.78 Å². The number of hydrogen-bond acceptors (Lipinski definition) is 4. The van der Waals surface area contributed by atoms with Crippen molar-refractivity contribution in [2.75, 3.05) is 7.11 Å². The first-order valence-corrected chi connectivity index (χ1v) is 11.4. The maximum Gasteiger partial charge on any atom is 0.356 e. The van der Waals surface area contributed by atoms with E-state index in [1.54, 1.807) is 0 Å². The molecule has 0 saturated carbocycles. The van der Waals surface area contributed by atoms with Gasteiger partial charge >= 0.3 is 5.97 Å². The van der Waals surface area contributed by atoms with E-state index in [-0.39, 0.29) is 11.1 Å². The smallest absolute Gasteiger partial charge is 0.356 e. The fourth-order valence-corrected chi connectivity index (χ4v) is 4.06.